The van der Waals surface area contributed by atoms with Gasteiger partial charge in [0.15, 0.2) is 0 Å². The highest BCUT2D eigenvalue weighted by Gasteiger charge is 2.38. The number of ether oxygens (including phenoxy) is 2. The highest BCUT2D eigenvalue weighted by Crippen LogP contribution is 2.48. The summed E-state index contributed by atoms with van der Waals surface area (Å²) in [5, 5.41) is 11.2. The molecule has 1 saturated carbocycles. The second-order valence-corrected chi connectivity index (χ2v) is 11.4. The van der Waals surface area contributed by atoms with Crippen LogP contribution in [0, 0.1) is 0 Å². The molecule has 4 aliphatic rings. The highest BCUT2D eigenvalue weighted by atomic mass is 32.1. The number of hydrogen-bond donors (Lipinski definition) is 2. The molecule has 2 aromatic rings. The van der Waals surface area contributed by atoms with Crippen LogP contribution in [0.4, 0.5) is 0 Å². The molecule has 2 aliphatic carbocycles. The fourth-order valence-electron chi connectivity index (χ4n) is 6.50. The molecule has 2 bridgehead atoms. The molecule has 1 amide bonds. The second kappa shape index (κ2) is 8.80. The third kappa shape index (κ3) is 4.16. The van der Waals surface area contributed by atoms with E-state index in [-0.39, 0.29) is 12.0 Å². The summed E-state index contributed by atoms with van der Waals surface area (Å²) in [6.07, 6.45) is 11.0. The van der Waals surface area contributed by atoms with Crippen LogP contribution in [0.3, 0.4) is 0 Å². The van der Waals surface area contributed by atoms with Crippen molar-refractivity contribution in [2.75, 3.05) is 13.1 Å². The average Bonchev–Trinajstić information content (AvgIpc) is 3.48. The molecule has 4 atom stereocenters. The number of pyridine rings is 1. The number of carbonyl (C=O) groups is 1. The Labute approximate surface area is 198 Å². The number of hydrogen-bond acceptors (Lipinski definition) is 7. The number of primary amides is 1. The molecule has 0 unspecified atom stereocenters. The quantitative estimate of drug-likeness (QED) is 0.672. The van der Waals surface area contributed by atoms with Crippen molar-refractivity contribution in [1.82, 2.24) is 9.88 Å². The number of thiophene rings is 1. The van der Waals surface area contributed by atoms with E-state index in [4.69, 9.17) is 15.2 Å². The SMILES string of the molecule is NC(=O)[C@@H](O)C[C@H]1CCc2sc3nccc(O[C@H]4CC[C@H](N5C[C@H]6CC[C@@H](C5)O6)CC4)c3c21. The lowest BCUT2D eigenvalue weighted by molar-refractivity contribution is -0.126. The zero-order valence-corrected chi connectivity index (χ0v) is 19.8. The molecule has 178 valence electrons. The number of nitrogens with two attached hydrogens (primary N) is 1. The van der Waals surface area contributed by atoms with Crippen molar-refractivity contribution in [3.05, 3.63) is 22.7 Å². The lowest BCUT2D eigenvalue weighted by Gasteiger charge is -2.41. The number of fused-ring (bicyclic) bond motifs is 5. The Morgan fingerprint density at radius 2 is 1.97 bits per heavy atom. The Morgan fingerprint density at radius 1 is 1.21 bits per heavy atom. The van der Waals surface area contributed by atoms with Gasteiger partial charge in [-0.1, -0.05) is 0 Å². The van der Waals surface area contributed by atoms with Gasteiger partial charge in [-0.25, -0.2) is 4.98 Å². The van der Waals surface area contributed by atoms with E-state index < -0.39 is 12.0 Å². The Bertz CT molecular complexity index is 1020. The Hall–Kier alpha value is -1.74. The van der Waals surface area contributed by atoms with Crippen molar-refractivity contribution in [2.45, 2.75) is 94.2 Å². The van der Waals surface area contributed by atoms with Crippen LogP contribution >= 0.6 is 11.3 Å². The molecule has 33 heavy (non-hydrogen) atoms. The van der Waals surface area contributed by atoms with Crippen LogP contribution in [0.1, 0.15) is 67.7 Å². The molecule has 0 spiro atoms. The minimum Gasteiger partial charge on any atom is -0.490 e. The van der Waals surface area contributed by atoms with E-state index in [0.29, 0.717) is 24.7 Å². The molecule has 2 aromatic heterocycles. The van der Waals surface area contributed by atoms with Crippen LogP contribution in [-0.4, -0.2) is 64.4 Å². The maximum Gasteiger partial charge on any atom is 0.246 e. The maximum atomic E-state index is 11.4. The molecule has 0 aromatic carbocycles. The molecule has 7 nitrogen and oxygen atoms in total. The zero-order chi connectivity index (χ0) is 22.5. The fourth-order valence-corrected chi connectivity index (χ4v) is 7.76. The van der Waals surface area contributed by atoms with Crippen molar-refractivity contribution in [3.63, 3.8) is 0 Å². The number of carbonyl (C=O) groups excluding carboxylic acids is 1. The van der Waals surface area contributed by atoms with Crippen molar-refractivity contribution < 1.29 is 19.4 Å². The van der Waals surface area contributed by atoms with Crippen LogP contribution < -0.4 is 10.5 Å². The first kappa shape index (κ1) is 21.8. The third-order valence-electron chi connectivity index (χ3n) is 8.16. The van der Waals surface area contributed by atoms with Crippen LogP contribution in [0.15, 0.2) is 12.3 Å². The number of rotatable bonds is 6. The molecule has 8 heteroatoms. The van der Waals surface area contributed by atoms with E-state index in [1.165, 1.54) is 36.1 Å². The Balaban J connectivity index is 1.16. The van der Waals surface area contributed by atoms with Crippen LogP contribution in [0.25, 0.3) is 10.2 Å². The summed E-state index contributed by atoms with van der Waals surface area (Å²) in [6, 6.07) is 2.64. The lowest BCUT2D eigenvalue weighted by atomic mass is 9.91. The van der Waals surface area contributed by atoms with Gasteiger partial charge < -0.3 is 20.3 Å². The molecule has 2 saturated heterocycles. The Morgan fingerprint density at radius 3 is 2.70 bits per heavy atom. The highest BCUT2D eigenvalue weighted by molar-refractivity contribution is 7.19. The van der Waals surface area contributed by atoms with Crippen molar-refractivity contribution in [3.8, 4) is 5.75 Å². The normalized spacial score (nSPS) is 32.7. The number of likely N-dealkylation sites (tertiary alicyclic amines) is 1. The number of aliphatic hydroxyl groups is 1. The van der Waals surface area contributed by atoms with Gasteiger partial charge in [0.1, 0.15) is 16.7 Å². The summed E-state index contributed by atoms with van der Waals surface area (Å²) in [4.78, 5) is 21.0. The van der Waals surface area contributed by atoms with Crippen LogP contribution in [-0.2, 0) is 16.0 Å². The van der Waals surface area contributed by atoms with E-state index in [2.05, 4.69) is 9.88 Å². The zero-order valence-electron chi connectivity index (χ0n) is 18.9. The van der Waals surface area contributed by atoms with Crippen LogP contribution in [0.2, 0.25) is 0 Å². The predicted octanol–water partition coefficient (Wildman–Crippen LogP) is 3.12. The standard InChI is InChI=1S/C25H33N3O4S/c26-24(30)19(29)11-14-1-8-21-22(14)23-20(9-10-27-25(23)33-21)32-16-4-2-15(3-5-16)28-12-17-6-7-18(13-28)31-17/h9-10,14-19,29H,1-8,11-13H2,(H2,26,30)/t14-,15-,16-,17-,18+,19+/m1/s1. The van der Waals surface area contributed by atoms with Gasteiger partial charge in [0.25, 0.3) is 0 Å². The van der Waals surface area contributed by atoms with Gasteiger partial charge in [-0.15, -0.1) is 11.3 Å². The van der Waals surface area contributed by atoms with Gasteiger partial charge in [-0.2, -0.15) is 0 Å². The average molecular weight is 472 g/mol. The second-order valence-electron chi connectivity index (χ2n) is 10.3. The molecule has 2 aliphatic heterocycles. The number of aromatic nitrogens is 1. The monoisotopic (exact) mass is 471 g/mol. The van der Waals surface area contributed by atoms with E-state index in [9.17, 15) is 9.90 Å². The first-order valence-electron chi connectivity index (χ1n) is 12.5. The molecular formula is C25H33N3O4S. The smallest absolute Gasteiger partial charge is 0.246 e. The van der Waals surface area contributed by atoms with Crippen molar-refractivity contribution in [1.29, 1.82) is 0 Å². The van der Waals surface area contributed by atoms with E-state index in [0.717, 1.165) is 54.7 Å². The van der Waals surface area contributed by atoms with Gasteiger partial charge >= 0.3 is 0 Å². The summed E-state index contributed by atoms with van der Waals surface area (Å²) >= 11 is 1.72. The van der Waals surface area contributed by atoms with Gasteiger partial charge in [0, 0.05) is 30.2 Å². The minimum atomic E-state index is -1.11. The number of aliphatic hydroxyl groups excluding tert-OH is 1. The van der Waals surface area contributed by atoms with Gasteiger partial charge in [-0.05, 0) is 75.3 Å². The largest absolute Gasteiger partial charge is 0.490 e. The minimum absolute atomic E-state index is 0.121. The van der Waals surface area contributed by atoms with Crippen molar-refractivity contribution >= 4 is 27.5 Å². The van der Waals surface area contributed by atoms with Gasteiger partial charge in [0.2, 0.25) is 5.91 Å². The molecule has 3 N–H and O–H groups in total. The summed E-state index contributed by atoms with van der Waals surface area (Å²) in [6.45, 7) is 2.19. The first-order chi connectivity index (χ1) is 16.0. The van der Waals surface area contributed by atoms with Crippen molar-refractivity contribution in [2.24, 2.45) is 5.73 Å². The summed E-state index contributed by atoms with van der Waals surface area (Å²) in [7, 11) is 0. The number of aryl methyl sites for hydroxylation is 1. The number of nitrogens with zero attached hydrogens (tertiary/aromatic N) is 2. The van der Waals surface area contributed by atoms with Gasteiger partial charge in [0.05, 0.1) is 23.7 Å². The molecule has 6 rings (SSSR count). The van der Waals surface area contributed by atoms with E-state index in [1.807, 2.05) is 12.3 Å². The predicted molar refractivity (Wildman–Crippen MR) is 127 cm³/mol. The van der Waals surface area contributed by atoms with E-state index >= 15 is 0 Å². The molecule has 3 fully saturated rings. The molecule has 4 heterocycles. The molecule has 0 radical (unpaired) electrons. The lowest BCUT2D eigenvalue weighted by Crippen LogP contribution is -2.49. The summed E-state index contributed by atoms with van der Waals surface area (Å²) in [5.74, 6) is 0.378. The van der Waals surface area contributed by atoms with E-state index in [1.54, 1.807) is 11.3 Å². The summed E-state index contributed by atoms with van der Waals surface area (Å²) in [5.41, 5.74) is 6.54. The molecular weight excluding hydrogens is 438 g/mol. The number of amides is 1. The number of morpholine rings is 1. The van der Waals surface area contributed by atoms with Gasteiger partial charge in [-0.3, -0.25) is 9.69 Å². The third-order valence-corrected chi connectivity index (χ3v) is 9.33. The topological polar surface area (TPSA) is 97.9 Å². The Kier molecular flexibility index (Phi) is 5.81. The first-order valence-corrected chi connectivity index (χ1v) is 13.3. The maximum absolute atomic E-state index is 11.4. The van der Waals surface area contributed by atoms with Crippen LogP contribution in [0.5, 0.6) is 5.75 Å². The fraction of sp³-hybridized carbons (Fsp3) is 0.680. The summed E-state index contributed by atoms with van der Waals surface area (Å²) < 4.78 is 12.6.